The number of nitrogens with one attached hydrogen (secondary N) is 1. The minimum Gasteiger partial charge on any atom is -0.393 e. The smallest absolute Gasteiger partial charge is 0.318 e. The summed E-state index contributed by atoms with van der Waals surface area (Å²) in [5.41, 5.74) is 0. The van der Waals surface area contributed by atoms with Crippen molar-refractivity contribution in [3.63, 3.8) is 0 Å². The van der Waals surface area contributed by atoms with Gasteiger partial charge < -0.3 is 20.1 Å². The molecule has 2 aliphatic rings. The molecule has 1 heterocycles. The number of hydrogen-bond acceptors (Lipinski definition) is 3. The average Bonchev–Trinajstić information content (AvgIpc) is 2.43. The number of aliphatic hydroxyl groups excluding tert-OH is 1. The standard InChI is InChI=1S/C16H30N2O3/c1-11-4-5-14(8-12(11)2)17-16(20)18-6-7-21-10-15(18)9-13(3)19/h11-15,19H,4-10H2,1-3H3,(H,17,20)/t11-,12+,13+,14-,15-/m1/s1. The quantitative estimate of drug-likeness (QED) is 0.837. The molecule has 0 aromatic carbocycles. The topological polar surface area (TPSA) is 61.8 Å². The summed E-state index contributed by atoms with van der Waals surface area (Å²) in [7, 11) is 0. The Morgan fingerprint density at radius 2 is 2.14 bits per heavy atom. The van der Waals surface area contributed by atoms with Crippen LogP contribution >= 0.6 is 0 Å². The van der Waals surface area contributed by atoms with E-state index in [1.54, 1.807) is 6.92 Å². The first-order chi connectivity index (χ1) is 9.97. The van der Waals surface area contributed by atoms with E-state index >= 15 is 0 Å². The number of aliphatic hydroxyl groups is 1. The Bertz CT molecular complexity index is 348. The summed E-state index contributed by atoms with van der Waals surface area (Å²) in [5, 5.41) is 12.8. The summed E-state index contributed by atoms with van der Waals surface area (Å²) in [5.74, 6) is 1.42. The summed E-state index contributed by atoms with van der Waals surface area (Å²) < 4.78 is 5.45. The monoisotopic (exact) mass is 298 g/mol. The van der Waals surface area contributed by atoms with Gasteiger partial charge in [-0.3, -0.25) is 0 Å². The number of morpholine rings is 1. The molecule has 1 aliphatic carbocycles. The van der Waals surface area contributed by atoms with Gasteiger partial charge in [-0.25, -0.2) is 4.79 Å². The molecule has 2 amide bonds. The average molecular weight is 298 g/mol. The van der Waals surface area contributed by atoms with Gasteiger partial charge in [0.25, 0.3) is 0 Å². The summed E-state index contributed by atoms with van der Waals surface area (Å²) in [6, 6.07) is 0.285. The maximum absolute atomic E-state index is 12.5. The predicted octanol–water partition coefficient (Wildman–Crippen LogP) is 1.99. The third kappa shape index (κ3) is 4.58. The summed E-state index contributed by atoms with van der Waals surface area (Å²) in [6.07, 6.45) is 3.49. The van der Waals surface area contributed by atoms with Gasteiger partial charge in [-0.15, -0.1) is 0 Å². The zero-order valence-corrected chi connectivity index (χ0v) is 13.5. The van der Waals surface area contributed by atoms with Gasteiger partial charge in [0.2, 0.25) is 0 Å². The van der Waals surface area contributed by atoms with E-state index < -0.39 is 6.10 Å². The van der Waals surface area contributed by atoms with Crippen LogP contribution in [0.25, 0.3) is 0 Å². The Morgan fingerprint density at radius 1 is 1.38 bits per heavy atom. The zero-order valence-electron chi connectivity index (χ0n) is 13.5. The van der Waals surface area contributed by atoms with Crippen LogP contribution in [0.2, 0.25) is 0 Å². The molecule has 2 fully saturated rings. The molecular weight excluding hydrogens is 268 g/mol. The van der Waals surface area contributed by atoms with Crippen molar-refractivity contribution >= 4 is 6.03 Å². The highest BCUT2D eigenvalue weighted by atomic mass is 16.5. The van der Waals surface area contributed by atoms with Crippen molar-refractivity contribution in [3.8, 4) is 0 Å². The minimum absolute atomic E-state index is 0.00991. The SMILES string of the molecule is C[C@H](O)C[C@@H]1COCCN1C(=O)N[C@@H]1CC[C@@H](C)[C@@H](C)C1. The Morgan fingerprint density at radius 3 is 2.81 bits per heavy atom. The molecule has 0 spiro atoms. The molecule has 21 heavy (non-hydrogen) atoms. The lowest BCUT2D eigenvalue weighted by Crippen LogP contribution is -2.55. The first-order valence-corrected chi connectivity index (χ1v) is 8.30. The third-order valence-electron chi connectivity index (χ3n) is 5.03. The summed E-state index contributed by atoms with van der Waals surface area (Å²) in [6.45, 7) is 8.05. The van der Waals surface area contributed by atoms with Crippen LogP contribution in [0, 0.1) is 11.8 Å². The van der Waals surface area contributed by atoms with Gasteiger partial charge in [-0.1, -0.05) is 13.8 Å². The van der Waals surface area contributed by atoms with Crippen LogP contribution in [0.5, 0.6) is 0 Å². The van der Waals surface area contributed by atoms with Gasteiger partial charge in [0.05, 0.1) is 25.4 Å². The van der Waals surface area contributed by atoms with E-state index in [0.717, 1.165) is 18.8 Å². The van der Waals surface area contributed by atoms with Crippen molar-refractivity contribution in [3.05, 3.63) is 0 Å². The number of urea groups is 1. The van der Waals surface area contributed by atoms with Gasteiger partial charge in [0.1, 0.15) is 0 Å². The van der Waals surface area contributed by atoms with E-state index in [1.807, 2.05) is 4.90 Å². The van der Waals surface area contributed by atoms with Crippen molar-refractivity contribution in [1.29, 1.82) is 0 Å². The van der Waals surface area contributed by atoms with Gasteiger partial charge in [-0.2, -0.15) is 0 Å². The second-order valence-electron chi connectivity index (χ2n) is 6.92. The number of ether oxygens (including phenoxy) is 1. The second kappa shape index (κ2) is 7.45. The molecule has 1 saturated heterocycles. The number of amides is 2. The molecule has 1 aliphatic heterocycles. The van der Waals surface area contributed by atoms with Crippen LogP contribution in [0.15, 0.2) is 0 Å². The van der Waals surface area contributed by atoms with Gasteiger partial charge in [0, 0.05) is 12.6 Å². The van der Waals surface area contributed by atoms with Crippen molar-refractivity contribution < 1.29 is 14.6 Å². The molecule has 0 unspecified atom stereocenters. The van der Waals surface area contributed by atoms with Crippen LogP contribution in [0.1, 0.15) is 46.5 Å². The zero-order chi connectivity index (χ0) is 15.4. The molecule has 5 nitrogen and oxygen atoms in total. The molecule has 5 heteroatoms. The van der Waals surface area contributed by atoms with Crippen LogP contribution < -0.4 is 5.32 Å². The lowest BCUT2D eigenvalue weighted by Gasteiger charge is -2.39. The van der Waals surface area contributed by atoms with E-state index in [4.69, 9.17) is 4.74 Å². The molecule has 0 radical (unpaired) electrons. The number of carbonyl (C=O) groups is 1. The van der Waals surface area contributed by atoms with Crippen molar-refractivity contribution in [2.45, 2.75) is 64.6 Å². The Hall–Kier alpha value is -0.810. The van der Waals surface area contributed by atoms with Gasteiger partial charge in [0.15, 0.2) is 0 Å². The molecule has 5 atom stereocenters. The molecule has 2 rings (SSSR count). The molecular formula is C16H30N2O3. The second-order valence-corrected chi connectivity index (χ2v) is 6.92. The number of carbonyl (C=O) groups excluding carboxylic acids is 1. The predicted molar refractivity (Wildman–Crippen MR) is 82.1 cm³/mol. The molecule has 0 aromatic rings. The van der Waals surface area contributed by atoms with E-state index in [2.05, 4.69) is 19.2 Å². The van der Waals surface area contributed by atoms with Crippen molar-refractivity contribution in [2.24, 2.45) is 11.8 Å². The Balaban J connectivity index is 1.88. The van der Waals surface area contributed by atoms with Crippen molar-refractivity contribution in [2.75, 3.05) is 19.8 Å². The van der Waals surface area contributed by atoms with Crippen molar-refractivity contribution in [1.82, 2.24) is 10.2 Å². The van der Waals surface area contributed by atoms with E-state index in [-0.39, 0.29) is 12.1 Å². The normalized spacial score (nSPS) is 35.3. The van der Waals surface area contributed by atoms with Crippen LogP contribution in [-0.4, -0.2) is 54.0 Å². The molecule has 122 valence electrons. The molecule has 0 aromatic heterocycles. The molecule has 1 saturated carbocycles. The summed E-state index contributed by atoms with van der Waals surface area (Å²) in [4.78, 5) is 14.4. The van der Waals surface area contributed by atoms with Gasteiger partial charge >= 0.3 is 6.03 Å². The lowest BCUT2D eigenvalue weighted by atomic mass is 9.79. The highest BCUT2D eigenvalue weighted by molar-refractivity contribution is 5.75. The summed E-state index contributed by atoms with van der Waals surface area (Å²) >= 11 is 0. The first-order valence-electron chi connectivity index (χ1n) is 8.30. The minimum atomic E-state index is -0.414. The Kier molecular flexibility index (Phi) is 5.88. The fourth-order valence-corrected chi connectivity index (χ4v) is 3.45. The van der Waals surface area contributed by atoms with Crippen LogP contribution in [0.4, 0.5) is 4.79 Å². The Labute approximate surface area is 128 Å². The van der Waals surface area contributed by atoms with Gasteiger partial charge in [-0.05, 0) is 44.4 Å². The third-order valence-corrected chi connectivity index (χ3v) is 5.03. The number of rotatable bonds is 3. The molecule has 0 bridgehead atoms. The number of nitrogens with zero attached hydrogens (tertiary/aromatic N) is 1. The first kappa shape index (κ1) is 16.6. The maximum atomic E-state index is 12.5. The number of hydrogen-bond donors (Lipinski definition) is 2. The fraction of sp³-hybridized carbons (Fsp3) is 0.938. The van der Waals surface area contributed by atoms with Crippen LogP contribution in [0.3, 0.4) is 0 Å². The lowest BCUT2D eigenvalue weighted by molar-refractivity contribution is -0.00529. The highest BCUT2D eigenvalue weighted by Crippen LogP contribution is 2.29. The van der Waals surface area contributed by atoms with E-state index in [9.17, 15) is 9.90 Å². The largest absolute Gasteiger partial charge is 0.393 e. The highest BCUT2D eigenvalue weighted by Gasteiger charge is 2.31. The van der Waals surface area contributed by atoms with E-state index in [1.165, 1.54) is 6.42 Å². The fourth-order valence-electron chi connectivity index (χ4n) is 3.45. The van der Waals surface area contributed by atoms with E-state index in [0.29, 0.717) is 38.1 Å². The van der Waals surface area contributed by atoms with Crippen LogP contribution in [-0.2, 0) is 4.74 Å². The maximum Gasteiger partial charge on any atom is 0.318 e. The molecule has 2 N–H and O–H groups in total.